The summed E-state index contributed by atoms with van der Waals surface area (Å²) in [5.74, 6) is 3.34. The molecular weight excluding hydrogens is 364 g/mol. The van der Waals surface area contributed by atoms with Crippen molar-refractivity contribution in [2.45, 2.75) is 37.5 Å². The molecule has 0 N–H and O–H groups in total. The van der Waals surface area contributed by atoms with Gasteiger partial charge in [-0.3, -0.25) is 0 Å². The quantitative estimate of drug-likeness (QED) is 0.343. The highest BCUT2D eigenvalue weighted by Crippen LogP contribution is 2.69. The minimum Gasteiger partial charge on any atom is -0.153 e. The van der Waals surface area contributed by atoms with Gasteiger partial charge in [-0.05, 0) is 83.7 Å². The van der Waals surface area contributed by atoms with Crippen LogP contribution in [0, 0.1) is 23.7 Å². The Morgan fingerprint density at radius 1 is 0.633 bits per heavy atom. The van der Waals surface area contributed by atoms with Gasteiger partial charge >= 0.3 is 0 Å². The molecule has 3 aromatic carbocycles. The molecule has 0 aliphatic heterocycles. The summed E-state index contributed by atoms with van der Waals surface area (Å²) in [5, 5.41) is 13.8. The summed E-state index contributed by atoms with van der Waals surface area (Å²) in [7, 11) is 0. The molecule has 9 rings (SSSR count). The molecule has 5 aliphatic rings. The van der Waals surface area contributed by atoms with Crippen molar-refractivity contribution < 1.29 is 0 Å². The van der Waals surface area contributed by atoms with E-state index in [1.165, 1.54) is 65.1 Å². The first-order valence-corrected chi connectivity index (χ1v) is 11.6. The molecule has 0 radical (unpaired) electrons. The fraction of sp³-hybridized carbons (Fsp3) is 0.357. The van der Waals surface area contributed by atoms with Crippen LogP contribution in [-0.2, 0) is 5.41 Å². The van der Waals surface area contributed by atoms with Crippen LogP contribution in [0.15, 0.2) is 60.7 Å². The molecule has 5 aliphatic carbocycles. The Hall–Kier alpha value is -2.74. The van der Waals surface area contributed by atoms with Gasteiger partial charge in [0.1, 0.15) is 0 Å². The molecule has 2 heteroatoms. The molecule has 0 unspecified atom stereocenters. The summed E-state index contributed by atoms with van der Waals surface area (Å²) in [6.07, 6.45) is 7.00. The fourth-order valence-corrected chi connectivity index (χ4v) is 8.36. The molecule has 2 nitrogen and oxygen atoms in total. The van der Waals surface area contributed by atoms with Crippen molar-refractivity contribution in [3.8, 4) is 11.1 Å². The predicted molar refractivity (Wildman–Crippen MR) is 120 cm³/mol. The number of fused-ring (bicyclic) bond motifs is 7. The van der Waals surface area contributed by atoms with Crippen LogP contribution in [0.2, 0.25) is 0 Å². The Morgan fingerprint density at radius 3 is 2.13 bits per heavy atom. The summed E-state index contributed by atoms with van der Waals surface area (Å²) in [6, 6.07) is 22.4. The normalized spacial score (nSPS) is 32.8. The Labute approximate surface area is 176 Å². The van der Waals surface area contributed by atoms with Gasteiger partial charge in [-0.25, -0.2) is 0 Å². The molecule has 1 aromatic heterocycles. The van der Waals surface area contributed by atoms with Crippen molar-refractivity contribution in [2.75, 3.05) is 0 Å². The van der Waals surface area contributed by atoms with Crippen LogP contribution in [0.4, 0.5) is 0 Å². The van der Waals surface area contributed by atoms with Crippen molar-refractivity contribution >= 4 is 21.7 Å². The molecule has 0 amide bonds. The maximum absolute atomic E-state index is 5.06. The number of rotatable bonds is 0. The molecule has 0 saturated heterocycles. The Balaban J connectivity index is 1.56. The van der Waals surface area contributed by atoms with E-state index in [9.17, 15) is 0 Å². The van der Waals surface area contributed by atoms with Crippen LogP contribution in [0.5, 0.6) is 0 Å². The summed E-state index contributed by atoms with van der Waals surface area (Å²) in [6.45, 7) is 0. The lowest BCUT2D eigenvalue weighted by Crippen LogP contribution is -2.55. The monoisotopic (exact) mass is 388 g/mol. The lowest BCUT2D eigenvalue weighted by atomic mass is 9.43. The zero-order valence-electron chi connectivity index (χ0n) is 17.0. The van der Waals surface area contributed by atoms with E-state index in [-0.39, 0.29) is 5.41 Å². The number of benzene rings is 3. The molecule has 0 atom stereocenters. The molecule has 146 valence electrons. The van der Waals surface area contributed by atoms with Crippen molar-refractivity contribution in [2.24, 2.45) is 23.7 Å². The Bertz CT molecular complexity index is 1250. The lowest BCUT2D eigenvalue weighted by Gasteiger charge is -2.60. The van der Waals surface area contributed by atoms with E-state index in [0.29, 0.717) is 0 Å². The average Bonchev–Trinajstić information content (AvgIpc) is 3.09. The van der Waals surface area contributed by atoms with Gasteiger partial charge in [0.25, 0.3) is 0 Å². The summed E-state index contributed by atoms with van der Waals surface area (Å²) in [5.41, 5.74) is 6.83. The maximum Gasteiger partial charge on any atom is 0.0936 e. The highest BCUT2D eigenvalue weighted by Gasteiger charge is 2.63. The molecule has 4 fully saturated rings. The third-order valence-electron chi connectivity index (χ3n) is 9.11. The molecule has 4 aromatic rings. The minimum atomic E-state index is 0.0825. The molecular formula is C28H24N2. The number of aromatic nitrogens is 2. The third-order valence-corrected chi connectivity index (χ3v) is 9.11. The lowest BCUT2D eigenvalue weighted by molar-refractivity contribution is -0.0418. The minimum absolute atomic E-state index is 0.0825. The van der Waals surface area contributed by atoms with Gasteiger partial charge < -0.3 is 0 Å². The van der Waals surface area contributed by atoms with Crippen LogP contribution < -0.4 is 0 Å². The van der Waals surface area contributed by atoms with Gasteiger partial charge in [0.15, 0.2) is 0 Å². The molecule has 30 heavy (non-hydrogen) atoms. The van der Waals surface area contributed by atoms with Crippen molar-refractivity contribution in [3.63, 3.8) is 0 Å². The zero-order chi connectivity index (χ0) is 19.4. The van der Waals surface area contributed by atoms with Crippen LogP contribution in [-0.4, -0.2) is 10.2 Å². The smallest absolute Gasteiger partial charge is 0.0936 e. The topological polar surface area (TPSA) is 25.8 Å². The van der Waals surface area contributed by atoms with Gasteiger partial charge in [-0.1, -0.05) is 54.6 Å². The zero-order valence-corrected chi connectivity index (χ0v) is 17.0. The number of hydrogen-bond donors (Lipinski definition) is 0. The van der Waals surface area contributed by atoms with Gasteiger partial charge in [0.2, 0.25) is 0 Å². The number of hydrogen-bond acceptors (Lipinski definition) is 2. The van der Waals surface area contributed by atoms with E-state index < -0.39 is 0 Å². The van der Waals surface area contributed by atoms with Crippen LogP contribution in [0.1, 0.15) is 43.4 Å². The van der Waals surface area contributed by atoms with E-state index in [4.69, 9.17) is 10.2 Å². The molecule has 1 spiro atoms. The van der Waals surface area contributed by atoms with Crippen LogP contribution >= 0.6 is 0 Å². The summed E-state index contributed by atoms with van der Waals surface area (Å²) < 4.78 is 0. The van der Waals surface area contributed by atoms with E-state index in [1.807, 2.05) is 0 Å². The molecule has 1 heterocycles. The third kappa shape index (κ3) is 1.71. The van der Waals surface area contributed by atoms with Crippen molar-refractivity contribution in [1.29, 1.82) is 0 Å². The fourth-order valence-electron chi connectivity index (χ4n) is 8.36. The largest absolute Gasteiger partial charge is 0.153 e. The highest BCUT2D eigenvalue weighted by molar-refractivity contribution is 6.09. The summed E-state index contributed by atoms with van der Waals surface area (Å²) >= 11 is 0. The predicted octanol–water partition coefficient (Wildman–Crippen LogP) is 6.51. The second kappa shape index (κ2) is 5.29. The molecule has 4 bridgehead atoms. The average molecular weight is 389 g/mol. The first-order valence-electron chi connectivity index (χ1n) is 11.6. The maximum atomic E-state index is 5.06. The van der Waals surface area contributed by atoms with E-state index in [1.54, 1.807) is 5.56 Å². The van der Waals surface area contributed by atoms with E-state index in [2.05, 4.69) is 60.7 Å². The standard InChI is InChI=1S/C28H24N2/c1-2-6-21-18(5-1)9-10-23-25(21)26-22-7-3-4-8-24(22)29-30-27(26)28(23)19-12-16-11-17(14-19)15-20(28)13-16/h1-10,16-17,19-20H,11-15H2. The van der Waals surface area contributed by atoms with E-state index in [0.717, 1.165) is 29.2 Å². The van der Waals surface area contributed by atoms with Gasteiger partial charge in [0.05, 0.1) is 11.2 Å². The van der Waals surface area contributed by atoms with Gasteiger partial charge in [0, 0.05) is 16.4 Å². The van der Waals surface area contributed by atoms with Crippen molar-refractivity contribution in [1.82, 2.24) is 10.2 Å². The second-order valence-electron chi connectivity index (χ2n) is 10.3. The first kappa shape index (κ1) is 16.0. The van der Waals surface area contributed by atoms with Crippen LogP contribution in [0.3, 0.4) is 0 Å². The number of nitrogens with zero attached hydrogens (tertiary/aromatic N) is 2. The Kier molecular flexibility index (Phi) is 2.83. The van der Waals surface area contributed by atoms with Gasteiger partial charge in [-0.2, -0.15) is 10.2 Å². The van der Waals surface area contributed by atoms with E-state index >= 15 is 0 Å². The summed E-state index contributed by atoms with van der Waals surface area (Å²) in [4.78, 5) is 0. The van der Waals surface area contributed by atoms with Crippen LogP contribution in [0.25, 0.3) is 32.8 Å². The molecule has 4 saturated carbocycles. The highest BCUT2D eigenvalue weighted by atomic mass is 15.1. The first-order chi connectivity index (χ1) is 14.8. The van der Waals surface area contributed by atoms with Crippen molar-refractivity contribution in [3.05, 3.63) is 71.9 Å². The SMILES string of the molecule is c1ccc2c3c(ccc2c1)C1(c2nnc4ccccc4c2-3)C2CC3CC(C2)CC1C3. The van der Waals surface area contributed by atoms with Gasteiger partial charge in [-0.15, -0.1) is 0 Å². The second-order valence-corrected chi connectivity index (χ2v) is 10.3. The Morgan fingerprint density at radius 2 is 1.33 bits per heavy atom.